The number of likely N-dealkylation sites (tertiary alicyclic amines) is 1. The van der Waals surface area contributed by atoms with E-state index in [1.54, 1.807) is 53.9 Å². The van der Waals surface area contributed by atoms with Gasteiger partial charge in [0.25, 0.3) is 5.91 Å². The lowest BCUT2D eigenvalue weighted by molar-refractivity contribution is -0.138. The molecule has 1 aromatic carbocycles. The topological polar surface area (TPSA) is 82.8 Å². The number of fused-ring (bicyclic) bond motifs is 2. The van der Waals surface area contributed by atoms with Crippen molar-refractivity contribution in [3.8, 4) is 0 Å². The van der Waals surface area contributed by atoms with Crippen molar-refractivity contribution in [2.75, 3.05) is 32.5 Å². The summed E-state index contributed by atoms with van der Waals surface area (Å²) >= 11 is 0. The smallest absolute Gasteiger partial charge is 0.335 e. The summed E-state index contributed by atoms with van der Waals surface area (Å²) in [6.07, 6.45) is -1.55. The van der Waals surface area contributed by atoms with E-state index in [9.17, 15) is 22.8 Å². The Bertz CT molecular complexity index is 1270. The quantitative estimate of drug-likeness (QED) is 0.604. The Labute approximate surface area is 199 Å². The first-order valence-corrected chi connectivity index (χ1v) is 11.4. The molecular formula is C24H25F3N6O2. The van der Waals surface area contributed by atoms with E-state index in [0.29, 0.717) is 42.8 Å². The molecule has 3 amide bonds. The van der Waals surface area contributed by atoms with E-state index >= 15 is 0 Å². The van der Waals surface area contributed by atoms with E-state index in [1.165, 1.54) is 11.0 Å². The highest BCUT2D eigenvalue weighted by molar-refractivity contribution is 5.92. The molecule has 35 heavy (non-hydrogen) atoms. The van der Waals surface area contributed by atoms with Crippen LogP contribution < -0.4 is 5.32 Å². The minimum Gasteiger partial charge on any atom is -0.335 e. The average molecular weight is 486 g/mol. The van der Waals surface area contributed by atoms with Crippen LogP contribution in [0.3, 0.4) is 0 Å². The number of alkyl halides is 3. The van der Waals surface area contributed by atoms with Gasteiger partial charge in [-0.25, -0.2) is 4.79 Å². The van der Waals surface area contributed by atoms with Gasteiger partial charge in [-0.3, -0.25) is 9.20 Å². The number of pyridine rings is 1. The number of halogens is 3. The number of hydrogen-bond donors (Lipinski definition) is 1. The molecule has 1 saturated heterocycles. The fourth-order valence-corrected chi connectivity index (χ4v) is 5.32. The lowest BCUT2D eigenvalue weighted by atomic mass is 9.91. The van der Waals surface area contributed by atoms with Crippen molar-refractivity contribution in [1.29, 1.82) is 0 Å². The van der Waals surface area contributed by atoms with Gasteiger partial charge in [-0.2, -0.15) is 13.2 Å². The normalized spacial score (nSPS) is 21.9. The van der Waals surface area contributed by atoms with Crippen LogP contribution >= 0.6 is 0 Å². The van der Waals surface area contributed by atoms with Crippen molar-refractivity contribution < 1.29 is 22.8 Å². The van der Waals surface area contributed by atoms with E-state index in [2.05, 4.69) is 15.5 Å². The minimum absolute atomic E-state index is 0.138. The second-order valence-corrected chi connectivity index (χ2v) is 9.48. The third kappa shape index (κ3) is 4.30. The first-order chi connectivity index (χ1) is 16.6. The molecule has 1 N–H and O–H groups in total. The molecule has 0 spiro atoms. The van der Waals surface area contributed by atoms with Gasteiger partial charge in [-0.15, -0.1) is 10.2 Å². The van der Waals surface area contributed by atoms with Gasteiger partial charge in [0.15, 0.2) is 5.65 Å². The predicted molar refractivity (Wildman–Crippen MR) is 122 cm³/mol. The molecule has 11 heteroatoms. The number of urea groups is 1. The van der Waals surface area contributed by atoms with Crippen molar-refractivity contribution in [3.05, 3.63) is 59.5 Å². The summed E-state index contributed by atoms with van der Waals surface area (Å²) in [7, 11) is 3.25. The number of benzene rings is 1. The molecule has 1 saturated carbocycles. The highest BCUT2D eigenvalue weighted by Crippen LogP contribution is 2.49. The summed E-state index contributed by atoms with van der Waals surface area (Å²) in [6, 6.07) is 8.83. The molecular weight excluding hydrogens is 461 g/mol. The van der Waals surface area contributed by atoms with Crippen LogP contribution in [0.4, 0.5) is 23.7 Å². The van der Waals surface area contributed by atoms with Crippen LogP contribution in [0.15, 0.2) is 42.6 Å². The van der Waals surface area contributed by atoms with Crippen molar-refractivity contribution in [1.82, 2.24) is 24.4 Å². The summed E-state index contributed by atoms with van der Waals surface area (Å²) in [5.41, 5.74) is 0.752. The fraction of sp³-hybridized carbons (Fsp3) is 0.417. The van der Waals surface area contributed by atoms with Crippen LogP contribution in [0.5, 0.6) is 0 Å². The molecule has 0 bridgehead atoms. The van der Waals surface area contributed by atoms with E-state index in [0.717, 1.165) is 6.07 Å². The molecule has 8 nitrogen and oxygen atoms in total. The van der Waals surface area contributed by atoms with Crippen LogP contribution in [0.25, 0.3) is 5.65 Å². The number of aromatic nitrogens is 3. The summed E-state index contributed by atoms with van der Waals surface area (Å²) < 4.78 is 42.0. The maximum Gasteiger partial charge on any atom is 0.416 e. The first kappa shape index (κ1) is 23.1. The van der Waals surface area contributed by atoms with Crippen LogP contribution in [-0.2, 0) is 6.18 Å². The van der Waals surface area contributed by atoms with Gasteiger partial charge in [-0.05, 0) is 54.4 Å². The zero-order chi connectivity index (χ0) is 24.9. The minimum atomic E-state index is -4.38. The molecule has 0 unspecified atom stereocenters. The molecule has 2 fully saturated rings. The maximum atomic E-state index is 13.5. The highest BCUT2D eigenvalue weighted by Gasteiger charge is 2.45. The standard InChI is InChI=1S/C24H25F3N6O2/c1-31(2)23(35)28-17-7-8-20-29-30-21(33(20)13-17)22(34)32-11-15-9-14(10-16(15)12-32)18-5-3-4-6-19(18)24(25,26)27/h3-8,13-16H,9-12H2,1-2H3,(H,28,35)/t14-,15+,16-. The van der Waals surface area contributed by atoms with Gasteiger partial charge in [0.2, 0.25) is 5.82 Å². The number of hydrogen-bond acceptors (Lipinski definition) is 4. The summed E-state index contributed by atoms with van der Waals surface area (Å²) in [5, 5.41) is 10.9. The van der Waals surface area contributed by atoms with Crippen molar-refractivity contribution in [3.63, 3.8) is 0 Å². The Morgan fingerprint density at radius 3 is 2.37 bits per heavy atom. The molecule has 184 valence electrons. The second kappa shape index (κ2) is 8.54. The zero-order valence-corrected chi connectivity index (χ0v) is 19.3. The average Bonchev–Trinajstić information content (AvgIpc) is 3.51. The largest absolute Gasteiger partial charge is 0.416 e. The number of carbonyl (C=O) groups excluding carboxylic acids is 2. The predicted octanol–water partition coefficient (Wildman–Crippen LogP) is 4.11. The first-order valence-electron chi connectivity index (χ1n) is 11.4. The zero-order valence-electron chi connectivity index (χ0n) is 19.3. The van der Waals surface area contributed by atoms with Crippen molar-refractivity contribution in [2.45, 2.75) is 24.9 Å². The van der Waals surface area contributed by atoms with E-state index < -0.39 is 11.7 Å². The molecule has 2 aliphatic rings. The fourth-order valence-electron chi connectivity index (χ4n) is 5.32. The number of nitrogens with one attached hydrogen (secondary N) is 1. The number of amides is 3. The summed E-state index contributed by atoms with van der Waals surface area (Å²) in [4.78, 5) is 28.4. The molecule has 3 aromatic rings. The summed E-state index contributed by atoms with van der Waals surface area (Å²) in [6.45, 7) is 0.945. The molecule has 0 radical (unpaired) electrons. The molecule has 1 aliphatic carbocycles. The Kier molecular flexibility index (Phi) is 5.65. The van der Waals surface area contributed by atoms with Crippen LogP contribution in [0.2, 0.25) is 0 Å². The SMILES string of the molecule is CN(C)C(=O)Nc1ccc2nnc(C(=O)N3C[C@H]4C[C@H](c5ccccc5C(F)(F)F)C[C@H]4C3)n2c1. The Hall–Kier alpha value is -3.63. The van der Waals surface area contributed by atoms with Gasteiger partial charge in [0, 0.05) is 33.4 Å². The molecule has 3 heterocycles. The Morgan fingerprint density at radius 1 is 1.03 bits per heavy atom. The lowest BCUT2D eigenvalue weighted by Gasteiger charge is -2.21. The Balaban J connectivity index is 1.31. The number of anilines is 1. The third-order valence-electron chi connectivity index (χ3n) is 7.00. The number of rotatable bonds is 3. The van der Waals surface area contributed by atoms with Crippen LogP contribution in [0, 0.1) is 11.8 Å². The monoisotopic (exact) mass is 486 g/mol. The molecule has 3 atom stereocenters. The van der Waals surface area contributed by atoms with E-state index in [-0.39, 0.29) is 35.5 Å². The molecule has 2 aromatic heterocycles. The second-order valence-electron chi connectivity index (χ2n) is 9.48. The van der Waals surface area contributed by atoms with Crippen LogP contribution in [-0.4, -0.2) is 63.5 Å². The van der Waals surface area contributed by atoms with Crippen LogP contribution in [0.1, 0.15) is 40.5 Å². The summed E-state index contributed by atoms with van der Waals surface area (Å²) in [5.74, 6) is -0.0364. The number of carbonyl (C=O) groups is 2. The van der Waals surface area contributed by atoms with Gasteiger partial charge in [0.05, 0.1) is 11.3 Å². The van der Waals surface area contributed by atoms with Gasteiger partial charge in [-0.1, -0.05) is 18.2 Å². The lowest BCUT2D eigenvalue weighted by Crippen LogP contribution is -2.31. The van der Waals surface area contributed by atoms with Gasteiger partial charge in [0.1, 0.15) is 0 Å². The molecule has 5 rings (SSSR count). The van der Waals surface area contributed by atoms with Crippen molar-refractivity contribution >= 4 is 23.3 Å². The van der Waals surface area contributed by atoms with E-state index in [1.807, 2.05) is 0 Å². The van der Waals surface area contributed by atoms with Crippen molar-refractivity contribution in [2.24, 2.45) is 11.8 Å². The Morgan fingerprint density at radius 2 is 1.71 bits per heavy atom. The van der Waals surface area contributed by atoms with Gasteiger partial charge < -0.3 is 15.1 Å². The highest BCUT2D eigenvalue weighted by atomic mass is 19.4. The van der Waals surface area contributed by atoms with E-state index in [4.69, 9.17) is 0 Å². The van der Waals surface area contributed by atoms with Gasteiger partial charge >= 0.3 is 12.2 Å². The maximum absolute atomic E-state index is 13.5. The third-order valence-corrected chi connectivity index (χ3v) is 7.00. The molecule has 1 aliphatic heterocycles. The number of nitrogens with zero attached hydrogens (tertiary/aromatic N) is 5.